The lowest BCUT2D eigenvalue weighted by atomic mass is 9.89. The Labute approximate surface area is 89.6 Å². The fourth-order valence-corrected chi connectivity index (χ4v) is 1.62. The minimum Gasteiger partial charge on any atom is -0.447 e. The first-order valence-electron chi connectivity index (χ1n) is 4.96. The fraction of sp³-hybridized carbons (Fsp3) is 0.545. The molecule has 0 aromatic heterocycles. The van der Waals surface area contributed by atoms with Crippen LogP contribution in [0.3, 0.4) is 0 Å². The van der Waals surface area contributed by atoms with Gasteiger partial charge >= 0.3 is 6.09 Å². The molecular weight excluding hydrogens is 194 g/mol. The quantitative estimate of drug-likeness (QED) is 0.741. The highest BCUT2D eigenvalue weighted by atomic mass is 16.6. The molecule has 0 heterocycles. The van der Waals surface area contributed by atoms with E-state index in [1.807, 2.05) is 32.1 Å². The number of carbonyl (C=O) groups excluding carboxylic acids is 1. The van der Waals surface area contributed by atoms with E-state index in [0.29, 0.717) is 0 Å². The van der Waals surface area contributed by atoms with Crippen molar-refractivity contribution in [1.82, 2.24) is 5.32 Å². The van der Waals surface area contributed by atoms with Crippen LogP contribution >= 0.6 is 0 Å². The molecular formula is C11H17NO3. The normalized spacial score (nSPS) is 24.6. The summed E-state index contributed by atoms with van der Waals surface area (Å²) in [6.45, 7) is 3.82. The van der Waals surface area contributed by atoms with E-state index >= 15 is 0 Å². The second-order valence-corrected chi connectivity index (χ2v) is 3.95. The number of rotatable bonds is 3. The Morgan fingerprint density at radius 3 is 3.07 bits per heavy atom. The standard InChI is InChI=1S/C11H17NO3/c1-9-4-3-5-11(2,8-9)12-10(14)15-7-6-13/h3-5,13H,6-8H2,1-2H3,(H,12,14). The van der Waals surface area contributed by atoms with Crippen LogP contribution in [-0.4, -0.2) is 30.0 Å². The molecule has 4 heteroatoms. The van der Waals surface area contributed by atoms with Gasteiger partial charge in [-0.2, -0.15) is 0 Å². The van der Waals surface area contributed by atoms with Crippen LogP contribution in [0.25, 0.3) is 0 Å². The molecule has 15 heavy (non-hydrogen) atoms. The summed E-state index contributed by atoms with van der Waals surface area (Å²) in [4.78, 5) is 11.3. The molecule has 0 fully saturated rings. The van der Waals surface area contributed by atoms with Crippen molar-refractivity contribution in [1.29, 1.82) is 0 Å². The Kier molecular flexibility index (Phi) is 3.91. The third-order valence-electron chi connectivity index (χ3n) is 2.20. The molecule has 1 aliphatic carbocycles. The van der Waals surface area contributed by atoms with Gasteiger partial charge < -0.3 is 15.2 Å². The van der Waals surface area contributed by atoms with Crippen molar-refractivity contribution in [2.75, 3.05) is 13.2 Å². The molecule has 1 amide bonds. The lowest BCUT2D eigenvalue weighted by molar-refractivity contribution is 0.113. The summed E-state index contributed by atoms with van der Waals surface area (Å²) in [5.41, 5.74) is 0.827. The number of nitrogens with one attached hydrogen (secondary N) is 1. The second-order valence-electron chi connectivity index (χ2n) is 3.95. The summed E-state index contributed by atoms with van der Waals surface area (Å²) < 4.78 is 4.74. The Bertz CT molecular complexity index is 296. The average molecular weight is 211 g/mol. The number of hydrogen-bond acceptors (Lipinski definition) is 3. The minimum absolute atomic E-state index is 0.0282. The van der Waals surface area contributed by atoms with Crippen LogP contribution in [0.15, 0.2) is 23.8 Å². The molecule has 1 unspecified atom stereocenters. The number of allylic oxidation sites excluding steroid dienone is 2. The van der Waals surface area contributed by atoms with Crippen molar-refractivity contribution in [2.24, 2.45) is 0 Å². The van der Waals surface area contributed by atoms with Crippen molar-refractivity contribution in [3.05, 3.63) is 23.8 Å². The van der Waals surface area contributed by atoms with Gasteiger partial charge in [-0.1, -0.05) is 23.8 Å². The van der Waals surface area contributed by atoms with Gasteiger partial charge in [-0.05, 0) is 20.3 Å². The number of amides is 1. The van der Waals surface area contributed by atoms with E-state index in [-0.39, 0.29) is 18.8 Å². The summed E-state index contributed by atoms with van der Waals surface area (Å²) in [7, 11) is 0. The number of aliphatic hydroxyl groups is 1. The average Bonchev–Trinajstić information content (AvgIpc) is 2.13. The molecule has 1 atom stereocenters. The van der Waals surface area contributed by atoms with E-state index in [2.05, 4.69) is 5.32 Å². The van der Waals surface area contributed by atoms with E-state index in [1.165, 1.54) is 5.57 Å². The van der Waals surface area contributed by atoms with Gasteiger partial charge in [0.1, 0.15) is 6.61 Å². The first-order chi connectivity index (χ1) is 7.06. The molecule has 1 rings (SSSR count). The van der Waals surface area contributed by atoms with Crippen LogP contribution in [-0.2, 0) is 4.74 Å². The van der Waals surface area contributed by atoms with Crippen molar-refractivity contribution in [2.45, 2.75) is 25.8 Å². The highest BCUT2D eigenvalue weighted by Crippen LogP contribution is 2.22. The maximum absolute atomic E-state index is 11.3. The van der Waals surface area contributed by atoms with Crippen LogP contribution < -0.4 is 5.32 Å². The van der Waals surface area contributed by atoms with E-state index in [0.717, 1.165) is 6.42 Å². The van der Waals surface area contributed by atoms with E-state index in [9.17, 15) is 4.79 Å². The topological polar surface area (TPSA) is 58.6 Å². The summed E-state index contributed by atoms with van der Waals surface area (Å²) >= 11 is 0. The molecule has 4 nitrogen and oxygen atoms in total. The van der Waals surface area contributed by atoms with E-state index in [4.69, 9.17) is 9.84 Å². The highest BCUT2D eigenvalue weighted by molar-refractivity contribution is 5.69. The van der Waals surface area contributed by atoms with Gasteiger partial charge in [-0.3, -0.25) is 0 Å². The Balaban J connectivity index is 2.47. The van der Waals surface area contributed by atoms with Crippen molar-refractivity contribution in [3.63, 3.8) is 0 Å². The summed E-state index contributed by atoms with van der Waals surface area (Å²) in [5, 5.41) is 11.3. The molecule has 2 N–H and O–H groups in total. The first kappa shape index (κ1) is 11.8. The Morgan fingerprint density at radius 1 is 1.73 bits per heavy atom. The van der Waals surface area contributed by atoms with Crippen LogP contribution in [0.2, 0.25) is 0 Å². The molecule has 0 aromatic rings. The third-order valence-corrected chi connectivity index (χ3v) is 2.20. The first-order valence-corrected chi connectivity index (χ1v) is 4.96. The predicted molar refractivity (Wildman–Crippen MR) is 57.5 cm³/mol. The zero-order chi connectivity index (χ0) is 11.3. The van der Waals surface area contributed by atoms with Crippen LogP contribution in [0, 0.1) is 0 Å². The molecule has 0 aliphatic heterocycles. The number of aliphatic hydroxyl groups excluding tert-OH is 1. The molecule has 84 valence electrons. The molecule has 0 aromatic carbocycles. The van der Waals surface area contributed by atoms with Crippen LogP contribution in [0.4, 0.5) is 4.79 Å². The second kappa shape index (κ2) is 4.98. The van der Waals surface area contributed by atoms with Crippen LogP contribution in [0.1, 0.15) is 20.3 Å². The highest BCUT2D eigenvalue weighted by Gasteiger charge is 2.25. The summed E-state index contributed by atoms with van der Waals surface area (Å²) in [6.07, 6.45) is 6.15. The van der Waals surface area contributed by atoms with Crippen molar-refractivity contribution in [3.8, 4) is 0 Å². The molecule has 0 saturated carbocycles. The number of alkyl carbamates (subject to hydrolysis) is 1. The smallest absolute Gasteiger partial charge is 0.407 e. The monoisotopic (exact) mass is 211 g/mol. The fourth-order valence-electron chi connectivity index (χ4n) is 1.62. The lowest BCUT2D eigenvalue weighted by Crippen LogP contribution is -2.45. The number of carbonyl (C=O) groups is 1. The van der Waals surface area contributed by atoms with Crippen molar-refractivity contribution >= 4 is 6.09 Å². The summed E-state index contributed by atoms with van der Waals surface area (Å²) in [6, 6.07) is 0. The number of ether oxygens (including phenoxy) is 1. The van der Waals surface area contributed by atoms with Crippen LogP contribution in [0.5, 0.6) is 0 Å². The zero-order valence-corrected chi connectivity index (χ0v) is 9.12. The minimum atomic E-state index is -0.495. The molecule has 0 saturated heterocycles. The SMILES string of the molecule is CC1=CC=CC(C)(NC(=O)OCCO)C1. The zero-order valence-electron chi connectivity index (χ0n) is 9.12. The van der Waals surface area contributed by atoms with Gasteiger partial charge in [0.25, 0.3) is 0 Å². The summed E-state index contributed by atoms with van der Waals surface area (Å²) in [5.74, 6) is 0. The molecule has 1 aliphatic rings. The lowest BCUT2D eigenvalue weighted by Gasteiger charge is -2.29. The van der Waals surface area contributed by atoms with Crippen molar-refractivity contribution < 1.29 is 14.6 Å². The molecule has 0 radical (unpaired) electrons. The van der Waals surface area contributed by atoms with Gasteiger partial charge in [-0.25, -0.2) is 4.79 Å². The predicted octanol–water partition coefficient (Wildman–Crippen LogP) is 1.37. The largest absolute Gasteiger partial charge is 0.447 e. The van der Waals surface area contributed by atoms with Gasteiger partial charge in [0, 0.05) is 0 Å². The van der Waals surface area contributed by atoms with E-state index < -0.39 is 6.09 Å². The Morgan fingerprint density at radius 2 is 2.47 bits per heavy atom. The maximum Gasteiger partial charge on any atom is 0.407 e. The third kappa shape index (κ3) is 3.75. The van der Waals surface area contributed by atoms with Gasteiger partial charge in [-0.15, -0.1) is 0 Å². The maximum atomic E-state index is 11.3. The van der Waals surface area contributed by atoms with Gasteiger partial charge in [0.2, 0.25) is 0 Å². The van der Waals surface area contributed by atoms with Gasteiger partial charge in [0.15, 0.2) is 0 Å². The molecule has 0 spiro atoms. The number of hydrogen-bond donors (Lipinski definition) is 2. The molecule has 0 bridgehead atoms. The van der Waals surface area contributed by atoms with E-state index in [1.54, 1.807) is 0 Å². The van der Waals surface area contributed by atoms with Gasteiger partial charge in [0.05, 0.1) is 12.1 Å². The Hall–Kier alpha value is -1.29.